The summed E-state index contributed by atoms with van der Waals surface area (Å²) in [5.74, 6) is 1.44. The van der Waals surface area contributed by atoms with Crippen LogP contribution < -0.4 is 15.2 Å². The molecule has 0 atom stereocenters. The van der Waals surface area contributed by atoms with Crippen molar-refractivity contribution in [2.24, 2.45) is 0 Å². The van der Waals surface area contributed by atoms with Crippen LogP contribution in [0, 0.1) is 0 Å². The molecule has 24 heavy (non-hydrogen) atoms. The molecule has 6 heteroatoms. The Kier molecular flexibility index (Phi) is 5.68. The summed E-state index contributed by atoms with van der Waals surface area (Å²) in [4.78, 5) is 18.8. The molecule has 3 aromatic rings. The van der Waals surface area contributed by atoms with Gasteiger partial charge < -0.3 is 15.2 Å². The highest BCUT2D eigenvalue weighted by Crippen LogP contribution is 2.30. The maximum Gasteiger partial charge on any atom is 0.162 e. The molecule has 0 unspecified atom stereocenters. The second-order valence-electron chi connectivity index (χ2n) is 4.97. The maximum atomic E-state index is 10.7. The van der Waals surface area contributed by atoms with Gasteiger partial charge in [-0.1, -0.05) is 0 Å². The van der Waals surface area contributed by atoms with Crippen LogP contribution >= 0.6 is 0 Å². The molecule has 0 aliphatic carbocycles. The fraction of sp³-hybridized carbons (Fsp3) is 0.167. The van der Waals surface area contributed by atoms with Crippen molar-refractivity contribution in [2.75, 3.05) is 20.0 Å². The Morgan fingerprint density at radius 1 is 1.04 bits per heavy atom. The first-order valence-corrected chi connectivity index (χ1v) is 7.23. The first-order valence-electron chi connectivity index (χ1n) is 7.23. The second kappa shape index (κ2) is 7.92. The third-order valence-corrected chi connectivity index (χ3v) is 3.33. The molecule has 0 aliphatic rings. The van der Waals surface area contributed by atoms with Gasteiger partial charge in [0.1, 0.15) is 6.33 Å². The Morgan fingerprint density at radius 3 is 2.25 bits per heavy atom. The Morgan fingerprint density at radius 2 is 1.67 bits per heavy atom. The van der Waals surface area contributed by atoms with Crippen molar-refractivity contribution < 1.29 is 14.3 Å². The third-order valence-electron chi connectivity index (χ3n) is 3.33. The van der Waals surface area contributed by atoms with Gasteiger partial charge in [0.25, 0.3) is 0 Å². The number of rotatable bonds is 3. The molecular weight excluding hydrogens is 306 g/mol. The summed E-state index contributed by atoms with van der Waals surface area (Å²) in [5.41, 5.74) is 7.65. The van der Waals surface area contributed by atoms with Gasteiger partial charge in [-0.05, 0) is 37.3 Å². The molecule has 0 amide bonds. The predicted octanol–water partition coefficient (Wildman–Crippen LogP) is 3.12. The van der Waals surface area contributed by atoms with Crippen LogP contribution in [0.4, 0.5) is 5.69 Å². The number of carbonyl (C=O) groups is 1. The highest BCUT2D eigenvalue weighted by atomic mass is 16.5. The predicted molar refractivity (Wildman–Crippen MR) is 93.5 cm³/mol. The molecule has 0 saturated heterocycles. The summed E-state index contributed by atoms with van der Waals surface area (Å²) in [5, 5.41) is 0.935. The summed E-state index contributed by atoms with van der Waals surface area (Å²) < 4.78 is 10.3. The number of anilines is 1. The first kappa shape index (κ1) is 17.2. The minimum atomic E-state index is 0.0694. The highest BCUT2D eigenvalue weighted by molar-refractivity contribution is 5.94. The van der Waals surface area contributed by atoms with Gasteiger partial charge in [-0.25, -0.2) is 9.97 Å². The molecule has 1 heterocycles. The van der Waals surface area contributed by atoms with Gasteiger partial charge in [-0.2, -0.15) is 0 Å². The summed E-state index contributed by atoms with van der Waals surface area (Å²) in [6, 6.07) is 10.6. The average Bonchev–Trinajstić information content (AvgIpc) is 2.61. The van der Waals surface area contributed by atoms with Crippen LogP contribution in [0.3, 0.4) is 0 Å². The number of hydrogen-bond donors (Lipinski definition) is 1. The Balaban J connectivity index is 0.000000185. The minimum Gasteiger partial charge on any atom is -0.493 e. The lowest BCUT2D eigenvalue weighted by Crippen LogP contribution is -1.91. The summed E-state index contributed by atoms with van der Waals surface area (Å²) in [7, 11) is 3.21. The molecule has 0 radical (unpaired) electrons. The van der Waals surface area contributed by atoms with E-state index in [-0.39, 0.29) is 5.78 Å². The normalized spacial score (nSPS) is 9.79. The van der Waals surface area contributed by atoms with Gasteiger partial charge in [0, 0.05) is 28.9 Å². The van der Waals surface area contributed by atoms with E-state index in [9.17, 15) is 4.79 Å². The van der Waals surface area contributed by atoms with Crippen molar-refractivity contribution in [1.82, 2.24) is 9.97 Å². The Hall–Kier alpha value is -3.15. The number of ether oxygens (including phenoxy) is 2. The van der Waals surface area contributed by atoms with Crippen LogP contribution in [0.1, 0.15) is 17.3 Å². The molecule has 0 spiro atoms. The number of aromatic nitrogens is 2. The summed E-state index contributed by atoms with van der Waals surface area (Å²) in [6.45, 7) is 1.53. The fourth-order valence-corrected chi connectivity index (χ4v) is 2.03. The number of Topliss-reactive ketones (excluding diaryl/α,β-unsaturated/α-hetero) is 1. The highest BCUT2D eigenvalue weighted by Gasteiger charge is 2.05. The number of carbonyl (C=O) groups excluding carboxylic acids is 1. The van der Waals surface area contributed by atoms with E-state index >= 15 is 0 Å². The van der Waals surface area contributed by atoms with E-state index in [4.69, 9.17) is 15.2 Å². The molecule has 124 valence electrons. The maximum absolute atomic E-state index is 10.7. The first-order chi connectivity index (χ1) is 11.5. The molecule has 1 aromatic heterocycles. The van der Waals surface area contributed by atoms with Gasteiger partial charge in [-0.3, -0.25) is 4.79 Å². The lowest BCUT2D eigenvalue weighted by Gasteiger charge is -2.07. The SMILES string of the molecule is CC(=O)c1ccc(N)cc1.COc1cc2cncnc2cc1OC. The van der Waals surface area contributed by atoms with Crippen molar-refractivity contribution in [1.29, 1.82) is 0 Å². The molecule has 0 fully saturated rings. The number of fused-ring (bicyclic) bond motifs is 1. The van der Waals surface area contributed by atoms with Gasteiger partial charge in [-0.15, -0.1) is 0 Å². The van der Waals surface area contributed by atoms with Crippen LogP contribution in [-0.4, -0.2) is 30.0 Å². The van der Waals surface area contributed by atoms with E-state index in [1.165, 1.54) is 13.3 Å². The van der Waals surface area contributed by atoms with Gasteiger partial charge in [0.2, 0.25) is 0 Å². The van der Waals surface area contributed by atoms with Gasteiger partial charge in [0.05, 0.1) is 19.7 Å². The fourth-order valence-electron chi connectivity index (χ4n) is 2.03. The lowest BCUT2D eigenvalue weighted by molar-refractivity contribution is 0.101. The van der Waals surface area contributed by atoms with Crippen LogP contribution in [-0.2, 0) is 0 Å². The van der Waals surface area contributed by atoms with E-state index in [0.717, 1.165) is 10.9 Å². The molecule has 2 N–H and O–H groups in total. The van der Waals surface area contributed by atoms with E-state index in [1.54, 1.807) is 44.7 Å². The van der Waals surface area contributed by atoms with Crippen LogP contribution in [0.25, 0.3) is 10.9 Å². The van der Waals surface area contributed by atoms with E-state index in [2.05, 4.69) is 9.97 Å². The van der Waals surface area contributed by atoms with Gasteiger partial charge in [0.15, 0.2) is 17.3 Å². The van der Waals surface area contributed by atoms with Crippen molar-refractivity contribution >= 4 is 22.4 Å². The molecule has 6 nitrogen and oxygen atoms in total. The topological polar surface area (TPSA) is 87.3 Å². The number of benzene rings is 2. The van der Waals surface area contributed by atoms with Crippen LogP contribution in [0.2, 0.25) is 0 Å². The van der Waals surface area contributed by atoms with Crippen LogP contribution in [0.15, 0.2) is 48.9 Å². The summed E-state index contributed by atoms with van der Waals surface area (Å²) >= 11 is 0. The molecule has 2 aromatic carbocycles. The second-order valence-corrected chi connectivity index (χ2v) is 4.97. The Labute approximate surface area is 140 Å². The number of hydrogen-bond acceptors (Lipinski definition) is 6. The molecule has 0 bridgehead atoms. The molecule has 0 aliphatic heterocycles. The van der Waals surface area contributed by atoms with Crippen molar-refractivity contribution in [3.63, 3.8) is 0 Å². The number of methoxy groups -OCH3 is 2. The minimum absolute atomic E-state index is 0.0694. The van der Waals surface area contributed by atoms with Crippen molar-refractivity contribution in [3.8, 4) is 11.5 Å². The molecule has 3 rings (SSSR count). The van der Waals surface area contributed by atoms with E-state index in [0.29, 0.717) is 22.7 Å². The zero-order chi connectivity index (χ0) is 17.5. The largest absolute Gasteiger partial charge is 0.493 e. The monoisotopic (exact) mass is 325 g/mol. The number of ketones is 1. The quantitative estimate of drug-likeness (QED) is 0.588. The van der Waals surface area contributed by atoms with Crippen molar-refractivity contribution in [2.45, 2.75) is 6.92 Å². The standard InChI is InChI=1S/C10H10N2O2.C8H9NO/c1-13-9-3-7-5-11-6-12-8(7)4-10(9)14-2;1-6(10)7-2-4-8(9)5-3-7/h3-6H,1-2H3;2-5H,9H2,1H3. The zero-order valence-corrected chi connectivity index (χ0v) is 13.8. The number of nitrogen functional groups attached to an aromatic ring is 1. The van der Waals surface area contributed by atoms with E-state index < -0.39 is 0 Å². The van der Waals surface area contributed by atoms with E-state index in [1.807, 2.05) is 12.1 Å². The summed E-state index contributed by atoms with van der Waals surface area (Å²) in [6.07, 6.45) is 3.25. The van der Waals surface area contributed by atoms with Crippen LogP contribution in [0.5, 0.6) is 11.5 Å². The third kappa shape index (κ3) is 4.19. The average molecular weight is 325 g/mol. The molecular formula is C18H19N3O3. The number of nitrogens with zero attached hydrogens (tertiary/aromatic N) is 2. The molecule has 0 saturated carbocycles. The lowest BCUT2D eigenvalue weighted by atomic mass is 10.1. The smallest absolute Gasteiger partial charge is 0.162 e. The Bertz CT molecular complexity index is 790. The number of nitrogens with two attached hydrogens (primary N) is 1. The van der Waals surface area contributed by atoms with Crippen molar-refractivity contribution in [3.05, 3.63) is 54.5 Å². The zero-order valence-electron chi connectivity index (χ0n) is 13.8. The van der Waals surface area contributed by atoms with Gasteiger partial charge >= 0.3 is 0 Å².